The number of rotatable bonds is 4. The number of aromatic carboxylic acids is 1. The summed E-state index contributed by atoms with van der Waals surface area (Å²) in [6.45, 7) is 6.20. The van der Waals surface area contributed by atoms with Crippen molar-refractivity contribution in [2.45, 2.75) is 26.7 Å². The molecule has 0 aliphatic carbocycles. The van der Waals surface area contributed by atoms with E-state index in [4.69, 9.17) is 9.84 Å². The number of carbonyl (C=O) groups is 1. The summed E-state index contributed by atoms with van der Waals surface area (Å²) >= 11 is 0. The Morgan fingerprint density at radius 2 is 2.00 bits per heavy atom. The van der Waals surface area contributed by atoms with Gasteiger partial charge in [0.1, 0.15) is 5.75 Å². The molecule has 0 fully saturated rings. The minimum atomic E-state index is -1.02. The lowest BCUT2D eigenvalue weighted by molar-refractivity contribution is 0.0689. The van der Waals surface area contributed by atoms with Crippen molar-refractivity contribution in [3.63, 3.8) is 0 Å². The number of benzene rings is 1. The molecule has 1 aromatic carbocycles. The minimum absolute atomic E-state index is 0.0482. The predicted molar refractivity (Wildman–Crippen MR) is 81.0 cm³/mol. The van der Waals surface area contributed by atoms with Gasteiger partial charge in [-0.15, -0.1) is 0 Å². The number of aryl methyl sites for hydroxylation is 2. The van der Waals surface area contributed by atoms with Crippen LogP contribution in [0.15, 0.2) is 18.2 Å². The highest BCUT2D eigenvalue weighted by atomic mass is 16.5. The van der Waals surface area contributed by atoms with E-state index in [1.807, 2.05) is 19.1 Å². The molecule has 0 unspecified atom stereocenters. The number of ether oxygens (including phenoxy) is 1. The Morgan fingerprint density at radius 3 is 2.48 bits per heavy atom. The molecule has 0 spiro atoms. The van der Waals surface area contributed by atoms with Gasteiger partial charge in [0, 0.05) is 12.6 Å². The van der Waals surface area contributed by atoms with Gasteiger partial charge in [0.15, 0.2) is 5.69 Å². The predicted octanol–water partition coefficient (Wildman–Crippen LogP) is 3.23. The number of carboxylic acids is 1. The summed E-state index contributed by atoms with van der Waals surface area (Å²) in [6.07, 6.45) is 0. The Morgan fingerprint density at radius 1 is 1.33 bits per heavy atom. The van der Waals surface area contributed by atoms with Gasteiger partial charge in [-0.05, 0) is 42.2 Å². The molecule has 0 saturated carbocycles. The van der Waals surface area contributed by atoms with Crippen molar-refractivity contribution < 1.29 is 14.6 Å². The fourth-order valence-corrected chi connectivity index (χ4v) is 2.50. The summed E-state index contributed by atoms with van der Waals surface area (Å²) < 4.78 is 7.08. The Kier molecular flexibility index (Phi) is 4.02. The molecule has 1 heterocycles. The van der Waals surface area contributed by atoms with Crippen molar-refractivity contribution in [3.8, 4) is 17.0 Å². The largest absolute Gasteiger partial charge is 0.496 e. The molecular weight excluding hydrogens is 268 g/mol. The van der Waals surface area contributed by atoms with Crippen LogP contribution < -0.4 is 4.74 Å². The van der Waals surface area contributed by atoms with Crippen LogP contribution in [0.4, 0.5) is 0 Å². The first-order valence-corrected chi connectivity index (χ1v) is 6.81. The van der Waals surface area contributed by atoms with Crippen LogP contribution >= 0.6 is 0 Å². The fourth-order valence-electron chi connectivity index (χ4n) is 2.50. The van der Waals surface area contributed by atoms with Crippen LogP contribution in [0.25, 0.3) is 11.3 Å². The van der Waals surface area contributed by atoms with Gasteiger partial charge in [-0.3, -0.25) is 4.68 Å². The maximum Gasteiger partial charge on any atom is 0.356 e. The molecule has 0 amide bonds. The molecule has 5 nitrogen and oxygen atoms in total. The third-order valence-corrected chi connectivity index (χ3v) is 3.52. The number of aromatic nitrogens is 2. The van der Waals surface area contributed by atoms with Gasteiger partial charge >= 0.3 is 5.97 Å². The molecule has 0 aliphatic rings. The summed E-state index contributed by atoms with van der Waals surface area (Å²) in [6, 6.07) is 5.63. The topological polar surface area (TPSA) is 64.3 Å². The van der Waals surface area contributed by atoms with Gasteiger partial charge in [0.25, 0.3) is 0 Å². The van der Waals surface area contributed by atoms with E-state index in [1.165, 1.54) is 0 Å². The molecule has 1 aromatic heterocycles. The molecule has 112 valence electrons. The number of hydrogen-bond acceptors (Lipinski definition) is 3. The standard InChI is InChI=1S/C16H20N2O3/c1-9(2)12-7-11(6-10(3)15(12)21-5)14-8-13(16(19)20)17-18(14)4/h6-9H,1-5H3,(H,19,20). The Bertz CT molecular complexity index is 687. The zero-order valence-corrected chi connectivity index (χ0v) is 13.0. The Balaban J connectivity index is 2.62. The van der Waals surface area contributed by atoms with E-state index < -0.39 is 5.97 Å². The number of hydrogen-bond donors (Lipinski definition) is 1. The van der Waals surface area contributed by atoms with E-state index in [0.29, 0.717) is 5.92 Å². The maximum absolute atomic E-state index is 11.0. The third-order valence-electron chi connectivity index (χ3n) is 3.52. The SMILES string of the molecule is COc1c(C)cc(-c2cc(C(=O)O)nn2C)cc1C(C)C. The average Bonchev–Trinajstić information content (AvgIpc) is 2.80. The Labute approximate surface area is 124 Å². The second-order valence-corrected chi connectivity index (χ2v) is 5.41. The summed E-state index contributed by atoms with van der Waals surface area (Å²) in [5, 5.41) is 13.1. The molecule has 0 radical (unpaired) electrons. The lowest BCUT2D eigenvalue weighted by Gasteiger charge is -2.16. The van der Waals surface area contributed by atoms with E-state index >= 15 is 0 Å². The monoisotopic (exact) mass is 288 g/mol. The van der Waals surface area contributed by atoms with E-state index in [9.17, 15) is 4.79 Å². The molecule has 0 saturated heterocycles. The van der Waals surface area contributed by atoms with Gasteiger partial charge in [0.2, 0.25) is 0 Å². The van der Waals surface area contributed by atoms with Crippen LogP contribution in [0.5, 0.6) is 5.75 Å². The zero-order chi connectivity index (χ0) is 15.7. The molecule has 1 N–H and O–H groups in total. The van der Waals surface area contributed by atoms with Gasteiger partial charge in [-0.1, -0.05) is 13.8 Å². The molecule has 2 rings (SSSR count). The van der Waals surface area contributed by atoms with Crippen LogP contribution in [-0.2, 0) is 7.05 Å². The van der Waals surface area contributed by atoms with Gasteiger partial charge in [-0.2, -0.15) is 5.10 Å². The van der Waals surface area contributed by atoms with Crippen LogP contribution in [0.2, 0.25) is 0 Å². The number of methoxy groups -OCH3 is 1. The molecule has 0 atom stereocenters. The van der Waals surface area contributed by atoms with E-state index in [2.05, 4.69) is 18.9 Å². The average molecular weight is 288 g/mol. The van der Waals surface area contributed by atoms with Crippen LogP contribution in [0, 0.1) is 6.92 Å². The summed E-state index contributed by atoms with van der Waals surface area (Å²) in [5.41, 5.74) is 3.90. The van der Waals surface area contributed by atoms with Crippen LogP contribution in [0.1, 0.15) is 41.4 Å². The summed E-state index contributed by atoms with van der Waals surface area (Å²) in [5.74, 6) is 0.173. The fraction of sp³-hybridized carbons (Fsp3) is 0.375. The normalized spacial score (nSPS) is 11.0. The molecule has 2 aromatic rings. The van der Waals surface area contributed by atoms with E-state index in [-0.39, 0.29) is 5.69 Å². The highest BCUT2D eigenvalue weighted by molar-refractivity contribution is 5.87. The second kappa shape index (κ2) is 5.60. The smallest absolute Gasteiger partial charge is 0.356 e. The van der Waals surface area contributed by atoms with Gasteiger partial charge in [0.05, 0.1) is 12.8 Å². The van der Waals surface area contributed by atoms with Crippen molar-refractivity contribution in [1.29, 1.82) is 0 Å². The first-order valence-electron chi connectivity index (χ1n) is 6.81. The molecule has 5 heteroatoms. The van der Waals surface area contributed by atoms with Gasteiger partial charge < -0.3 is 9.84 Å². The van der Waals surface area contributed by atoms with Crippen LogP contribution in [-0.4, -0.2) is 28.0 Å². The lowest BCUT2D eigenvalue weighted by Crippen LogP contribution is -2.01. The highest BCUT2D eigenvalue weighted by Gasteiger charge is 2.17. The van der Waals surface area contributed by atoms with Crippen molar-refractivity contribution in [3.05, 3.63) is 35.0 Å². The molecule has 0 aliphatic heterocycles. The van der Waals surface area contributed by atoms with Gasteiger partial charge in [-0.25, -0.2) is 4.79 Å². The zero-order valence-electron chi connectivity index (χ0n) is 13.0. The summed E-state index contributed by atoms with van der Waals surface area (Å²) in [7, 11) is 3.41. The van der Waals surface area contributed by atoms with E-state index in [1.54, 1.807) is 24.9 Å². The summed E-state index contributed by atoms with van der Waals surface area (Å²) in [4.78, 5) is 11.0. The lowest BCUT2D eigenvalue weighted by atomic mass is 9.95. The third kappa shape index (κ3) is 2.77. The first-order chi connectivity index (χ1) is 9.85. The number of carboxylic acid groups (broad SMARTS) is 1. The quantitative estimate of drug-likeness (QED) is 0.938. The van der Waals surface area contributed by atoms with E-state index in [0.717, 1.165) is 28.1 Å². The van der Waals surface area contributed by atoms with Crippen molar-refractivity contribution in [1.82, 2.24) is 9.78 Å². The molecule has 0 bridgehead atoms. The first kappa shape index (κ1) is 15.1. The van der Waals surface area contributed by atoms with Crippen molar-refractivity contribution in [2.24, 2.45) is 7.05 Å². The number of nitrogens with zero attached hydrogens (tertiary/aromatic N) is 2. The van der Waals surface area contributed by atoms with Crippen molar-refractivity contribution >= 4 is 5.97 Å². The second-order valence-electron chi connectivity index (χ2n) is 5.41. The Hall–Kier alpha value is -2.30. The molecule has 21 heavy (non-hydrogen) atoms. The minimum Gasteiger partial charge on any atom is -0.496 e. The maximum atomic E-state index is 11.0. The van der Waals surface area contributed by atoms with Crippen molar-refractivity contribution in [2.75, 3.05) is 7.11 Å². The molecular formula is C16H20N2O3. The van der Waals surface area contributed by atoms with Crippen LogP contribution in [0.3, 0.4) is 0 Å². The highest BCUT2D eigenvalue weighted by Crippen LogP contribution is 2.34.